The summed E-state index contributed by atoms with van der Waals surface area (Å²) in [6.45, 7) is 7.93. The smallest absolute Gasteiger partial charge is 0.316 e. The summed E-state index contributed by atoms with van der Waals surface area (Å²) in [7, 11) is 0. The molecule has 0 aliphatic rings. The Morgan fingerprint density at radius 2 is 2.33 bits per heavy atom. The highest BCUT2D eigenvalue weighted by molar-refractivity contribution is 7.99. The summed E-state index contributed by atoms with van der Waals surface area (Å²) >= 11 is 1.59. The first-order chi connectivity index (χ1) is 7.16. The molecule has 1 aromatic rings. The Labute approximate surface area is 93.6 Å². The minimum atomic E-state index is -0.129. The molecule has 0 radical (unpaired) electrons. The molecule has 0 fully saturated rings. The molecule has 86 valence electrons. The van der Waals surface area contributed by atoms with Crippen LogP contribution in [-0.4, -0.2) is 33.6 Å². The number of hydrogen-bond acceptors (Lipinski definition) is 4. The van der Waals surface area contributed by atoms with E-state index < -0.39 is 0 Å². The summed E-state index contributed by atoms with van der Waals surface area (Å²) in [5.74, 6) is 0.921. The van der Waals surface area contributed by atoms with Gasteiger partial charge in [-0.3, -0.25) is 4.57 Å². The second-order valence-electron chi connectivity index (χ2n) is 3.48. The first kappa shape index (κ1) is 12.3. The Kier molecular flexibility index (Phi) is 4.90. The van der Waals surface area contributed by atoms with Gasteiger partial charge in [0.15, 0.2) is 5.16 Å². The van der Waals surface area contributed by atoms with Gasteiger partial charge in [0, 0.05) is 18.3 Å². The van der Waals surface area contributed by atoms with Crippen LogP contribution in [0.2, 0.25) is 0 Å². The quantitative estimate of drug-likeness (QED) is 0.562. The molecule has 0 amide bonds. The lowest BCUT2D eigenvalue weighted by Crippen LogP contribution is -2.20. The van der Waals surface area contributed by atoms with Crippen LogP contribution >= 0.6 is 11.8 Å². The van der Waals surface area contributed by atoms with E-state index in [0.717, 1.165) is 24.0 Å². The maximum atomic E-state index is 11.4. The fraction of sp³-hybridized carbons (Fsp3) is 0.778. The van der Waals surface area contributed by atoms with Crippen LogP contribution < -0.4 is 11.0 Å². The van der Waals surface area contributed by atoms with Crippen molar-refractivity contribution in [1.29, 1.82) is 0 Å². The molecule has 0 aliphatic heterocycles. The number of aromatic nitrogens is 3. The maximum Gasteiger partial charge on any atom is 0.344 e. The highest BCUT2D eigenvalue weighted by Gasteiger charge is 2.10. The maximum absolute atomic E-state index is 11.4. The standard InChI is InChI=1S/C9H18N4OS/c1-4-10-5-6-15-9-12-11-8(14)13(9)7(2)3/h7,10H,4-6H2,1-3H3,(H,11,14). The van der Waals surface area contributed by atoms with E-state index in [2.05, 4.69) is 22.4 Å². The number of rotatable bonds is 6. The Morgan fingerprint density at radius 3 is 2.93 bits per heavy atom. The lowest BCUT2D eigenvalue weighted by molar-refractivity contribution is 0.534. The van der Waals surface area contributed by atoms with E-state index >= 15 is 0 Å². The van der Waals surface area contributed by atoms with Crippen molar-refractivity contribution in [3.05, 3.63) is 10.5 Å². The van der Waals surface area contributed by atoms with E-state index in [9.17, 15) is 4.79 Å². The molecular formula is C9H18N4OS. The third-order valence-electron chi connectivity index (χ3n) is 1.95. The second kappa shape index (κ2) is 5.97. The SMILES string of the molecule is CCNCCSc1n[nH]c(=O)n1C(C)C. The van der Waals surface area contributed by atoms with E-state index in [-0.39, 0.29) is 11.7 Å². The lowest BCUT2D eigenvalue weighted by Gasteiger charge is -2.08. The van der Waals surface area contributed by atoms with Crippen molar-refractivity contribution in [2.75, 3.05) is 18.8 Å². The van der Waals surface area contributed by atoms with Crippen LogP contribution in [0.15, 0.2) is 9.95 Å². The molecule has 0 aromatic carbocycles. The van der Waals surface area contributed by atoms with E-state index in [1.54, 1.807) is 16.3 Å². The third kappa shape index (κ3) is 3.39. The number of thioether (sulfide) groups is 1. The fourth-order valence-electron chi connectivity index (χ4n) is 1.24. The van der Waals surface area contributed by atoms with Gasteiger partial charge < -0.3 is 5.32 Å². The summed E-state index contributed by atoms with van der Waals surface area (Å²) in [5.41, 5.74) is -0.129. The normalized spacial score (nSPS) is 11.2. The molecule has 0 saturated heterocycles. The minimum Gasteiger partial charge on any atom is -0.316 e. The number of H-pyrrole nitrogens is 1. The Balaban J connectivity index is 2.57. The van der Waals surface area contributed by atoms with Gasteiger partial charge in [-0.1, -0.05) is 18.7 Å². The van der Waals surface area contributed by atoms with E-state index in [4.69, 9.17) is 0 Å². The average molecular weight is 230 g/mol. The van der Waals surface area contributed by atoms with Crippen molar-refractivity contribution in [1.82, 2.24) is 20.1 Å². The average Bonchev–Trinajstić information content (AvgIpc) is 2.54. The summed E-state index contributed by atoms with van der Waals surface area (Å²) in [6.07, 6.45) is 0. The number of nitrogens with one attached hydrogen (secondary N) is 2. The molecular weight excluding hydrogens is 212 g/mol. The van der Waals surface area contributed by atoms with Gasteiger partial charge >= 0.3 is 5.69 Å². The van der Waals surface area contributed by atoms with Gasteiger partial charge in [-0.25, -0.2) is 9.89 Å². The van der Waals surface area contributed by atoms with Crippen molar-refractivity contribution in [2.45, 2.75) is 32.0 Å². The van der Waals surface area contributed by atoms with E-state index in [1.165, 1.54) is 0 Å². The van der Waals surface area contributed by atoms with Gasteiger partial charge in [0.05, 0.1) is 0 Å². The van der Waals surface area contributed by atoms with Crippen molar-refractivity contribution in [2.24, 2.45) is 0 Å². The summed E-state index contributed by atoms with van der Waals surface area (Å²) in [5, 5.41) is 10.5. The molecule has 15 heavy (non-hydrogen) atoms. The number of hydrogen-bond donors (Lipinski definition) is 2. The molecule has 5 nitrogen and oxygen atoms in total. The van der Waals surface area contributed by atoms with Crippen LogP contribution in [0.4, 0.5) is 0 Å². The van der Waals surface area contributed by atoms with Crippen LogP contribution in [-0.2, 0) is 0 Å². The molecule has 1 rings (SSSR count). The zero-order valence-electron chi connectivity index (χ0n) is 9.41. The zero-order valence-corrected chi connectivity index (χ0v) is 10.2. The second-order valence-corrected chi connectivity index (χ2v) is 4.54. The highest BCUT2D eigenvalue weighted by Crippen LogP contribution is 2.15. The topological polar surface area (TPSA) is 62.7 Å². The van der Waals surface area contributed by atoms with Crippen LogP contribution in [0, 0.1) is 0 Å². The Morgan fingerprint density at radius 1 is 1.60 bits per heavy atom. The molecule has 1 aromatic heterocycles. The van der Waals surface area contributed by atoms with Crippen molar-refractivity contribution < 1.29 is 0 Å². The fourth-order valence-corrected chi connectivity index (χ4v) is 2.21. The van der Waals surface area contributed by atoms with Crippen LogP contribution in [0.1, 0.15) is 26.8 Å². The molecule has 0 saturated carbocycles. The van der Waals surface area contributed by atoms with Crippen molar-refractivity contribution in [3.63, 3.8) is 0 Å². The van der Waals surface area contributed by atoms with Crippen molar-refractivity contribution >= 4 is 11.8 Å². The van der Waals surface area contributed by atoms with E-state index in [0.29, 0.717) is 0 Å². The van der Waals surface area contributed by atoms with Crippen molar-refractivity contribution in [3.8, 4) is 0 Å². The first-order valence-electron chi connectivity index (χ1n) is 5.17. The molecule has 0 aliphatic carbocycles. The molecule has 1 heterocycles. The largest absolute Gasteiger partial charge is 0.344 e. The van der Waals surface area contributed by atoms with Gasteiger partial charge in [0.2, 0.25) is 0 Å². The van der Waals surface area contributed by atoms with Gasteiger partial charge in [0.1, 0.15) is 0 Å². The monoisotopic (exact) mass is 230 g/mol. The molecule has 0 spiro atoms. The summed E-state index contributed by atoms with van der Waals surface area (Å²) < 4.78 is 1.68. The molecule has 2 N–H and O–H groups in total. The molecule has 0 unspecified atom stereocenters. The minimum absolute atomic E-state index is 0.129. The number of nitrogens with zero attached hydrogens (tertiary/aromatic N) is 2. The van der Waals surface area contributed by atoms with Crippen LogP contribution in [0.3, 0.4) is 0 Å². The highest BCUT2D eigenvalue weighted by atomic mass is 32.2. The number of aromatic amines is 1. The van der Waals surface area contributed by atoms with Crippen LogP contribution in [0.5, 0.6) is 0 Å². The third-order valence-corrected chi connectivity index (χ3v) is 2.90. The van der Waals surface area contributed by atoms with Gasteiger partial charge in [-0.05, 0) is 20.4 Å². The predicted molar refractivity (Wildman–Crippen MR) is 62.5 cm³/mol. The molecule has 0 atom stereocenters. The van der Waals surface area contributed by atoms with Crippen LogP contribution in [0.25, 0.3) is 0 Å². The molecule has 6 heteroatoms. The molecule has 0 bridgehead atoms. The Hall–Kier alpha value is -0.750. The Bertz CT molecular complexity index is 344. The lowest BCUT2D eigenvalue weighted by atomic mass is 10.4. The van der Waals surface area contributed by atoms with Gasteiger partial charge in [-0.2, -0.15) is 0 Å². The first-order valence-corrected chi connectivity index (χ1v) is 6.15. The zero-order chi connectivity index (χ0) is 11.3. The van der Waals surface area contributed by atoms with E-state index in [1.807, 2.05) is 13.8 Å². The summed E-state index contributed by atoms with van der Waals surface area (Å²) in [4.78, 5) is 11.4. The van der Waals surface area contributed by atoms with Gasteiger partial charge in [-0.15, -0.1) is 5.10 Å². The predicted octanol–water partition coefficient (Wildman–Crippen LogP) is 0.854. The summed E-state index contributed by atoms with van der Waals surface area (Å²) in [6, 6.07) is 0.151. The van der Waals surface area contributed by atoms with Gasteiger partial charge in [0.25, 0.3) is 0 Å².